The summed E-state index contributed by atoms with van der Waals surface area (Å²) in [5.41, 5.74) is 6.88. The molecule has 4 atom stereocenters. The Morgan fingerprint density at radius 1 is 0.757 bits per heavy atom. The van der Waals surface area contributed by atoms with Crippen molar-refractivity contribution in [2.45, 2.75) is 50.4 Å². The molecule has 0 saturated heterocycles. The van der Waals surface area contributed by atoms with Crippen LogP contribution in [-0.4, -0.2) is 69.1 Å². The van der Waals surface area contributed by atoms with E-state index in [4.69, 9.17) is 15.9 Å². The van der Waals surface area contributed by atoms with Gasteiger partial charge < -0.3 is 37.0 Å². The molecule has 2 rings (SSSR count). The van der Waals surface area contributed by atoms with Crippen LogP contribution in [0.5, 0.6) is 5.75 Å². The number of phenols is 1. The summed E-state index contributed by atoms with van der Waals surface area (Å²) in [4.78, 5) is 60.8. The summed E-state index contributed by atoms with van der Waals surface area (Å²) in [6.45, 7) is 1.28. The summed E-state index contributed by atoms with van der Waals surface area (Å²) in [7, 11) is 0. The van der Waals surface area contributed by atoms with Gasteiger partial charge in [-0.25, -0.2) is 0 Å². The van der Waals surface area contributed by atoms with Crippen molar-refractivity contribution in [1.82, 2.24) is 16.0 Å². The van der Waals surface area contributed by atoms with Crippen molar-refractivity contribution < 1.29 is 39.3 Å². The first-order chi connectivity index (χ1) is 17.5. The molecule has 0 heterocycles. The molecule has 0 aliphatic rings. The number of nitrogens with one attached hydrogen (secondary N) is 3. The first kappa shape index (κ1) is 28.8. The fraction of sp³-hybridized carbons (Fsp3) is 0.320. The lowest BCUT2D eigenvalue weighted by Crippen LogP contribution is -2.58. The van der Waals surface area contributed by atoms with E-state index in [9.17, 15) is 29.1 Å². The smallest absolute Gasteiger partial charge is 0.325 e. The van der Waals surface area contributed by atoms with Crippen molar-refractivity contribution in [1.29, 1.82) is 0 Å². The van der Waals surface area contributed by atoms with Crippen LogP contribution in [0.25, 0.3) is 0 Å². The van der Waals surface area contributed by atoms with E-state index >= 15 is 0 Å². The van der Waals surface area contributed by atoms with Crippen molar-refractivity contribution in [2.75, 3.05) is 0 Å². The van der Waals surface area contributed by atoms with Crippen LogP contribution in [0, 0.1) is 0 Å². The number of hydrogen-bond acceptors (Lipinski definition) is 7. The number of carbonyl (C=O) groups is 5. The Bertz CT molecular complexity index is 1110. The molecule has 4 unspecified atom stereocenters. The second-order valence-electron chi connectivity index (χ2n) is 8.46. The van der Waals surface area contributed by atoms with Crippen molar-refractivity contribution in [3.63, 3.8) is 0 Å². The van der Waals surface area contributed by atoms with Crippen LogP contribution in [0.3, 0.4) is 0 Å². The maximum absolute atomic E-state index is 13.3. The van der Waals surface area contributed by atoms with E-state index in [0.29, 0.717) is 11.1 Å². The lowest BCUT2D eigenvalue weighted by molar-refractivity contribution is -0.141. The van der Waals surface area contributed by atoms with Crippen LogP contribution in [0.2, 0.25) is 0 Å². The largest absolute Gasteiger partial charge is 0.508 e. The topological polar surface area (TPSA) is 208 Å². The van der Waals surface area contributed by atoms with Gasteiger partial charge in [0.1, 0.15) is 23.9 Å². The van der Waals surface area contributed by atoms with Gasteiger partial charge in [0.05, 0.1) is 12.5 Å². The maximum Gasteiger partial charge on any atom is 0.325 e. The summed E-state index contributed by atoms with van der Waals surface area (Å²) in [5.74, 6) is -4.97. The minimum absolute atomic E-state index is 0.00980. The van der Waals surface area contributed by atoms with E-state index in [1.807, 2.05) is 0 Å². The molecule has 0 radical (unpaired) electrons. The second kappa shape index (κ2) is 13.6. The van der Waals surface area contributed by atoms with E-state index in [-0.39, 0.29) is 18.6 Å². The van der Waals surface area contributed by atoms with Crippen LogP contribution < -0.4 is 21.7 Å². The van der Waals surface area contributed by atoms with E-state index in [1.165, 1.54) is 31.2 Å². The molecule has 0 saturated carbocycles. The summed E-state index contributed by atoms with van der Waals surface area (Å²) >= 11 is 0. The highest BCUT2D eigenvalue weighted by Gasteiger charge is 2.30. The van der Waals surface area contributed by atoms with Gasteiger partial charge in [0, 0.05) is 12.8 Å². The SMILES string of the molecule is CC(NC(=O)C(Cc1ccccc1)NC(=O)C(Cc1ccc(O)cc1)NC(=O)C(N)CC(=O)O)C(=O)O. The van der Waals surface area contributed by atoms with Gasteiger partial charge in [-0.2, -0.15) is 0 Å². The molecule has 198 valence electrons. The predicted molar refractivity (Wildman–Crippen MR) is 131 cm³/mol. The van der Waals surface area contributed by atoms with Gasteiger partial charge in [-0.1, -0.05) is 42.5 Å². The highest BCUT2D eigenvalue weighted by molar-refractivity contribution is 5.95. The van der Waals surface area contributed by atoms with E-state index in [0.717, 1.165) is 0 Å². The lowest BCUT2D eigenvalue weighted by Gasteiger charge is -2.25. The molecule has 2 aromatic rings. The number of nitrogens with two attached hydrogens (primary N) is 1. The molecule has 0 bridgehead atoms. The molecular formula is C25H30N4O8. The highest BCUT2D eigenvalue weighted by atomic mass is 16.4. The molecule has 0 fully saturated rings. The minimum atomic E-state index is -1.42. The van der Waals surface area contributed by atoms with Crippen LogP contribution in [0.15, 0.2) is 54.6 Å². The first-order valence-electron chi connectivity index (χ1n) is 11.4. The average Bonchev–Trinajstić information content (AvgIpc) is 2.84. The Morgan fingerprint density at radius 3 is 1.76 bits per heavy atom. The monoisotopic (exact) mass is 514 g/mol. The Morgan fingerprint density at radius 2 is 1.24 bits per heavy atom. The number of hydrogen-bond donors (Lipinski definition) is 7. The Labute approximate surface area is 212 Å². The number of aliphatic carboxylic acids is 2. The third-order valence-corrected chi connectivity index (χ3v) is 5.39. The van der Waals surface area contributed by atoms with Crippen molar-refractivity contribution in [3.05, 3.63) is 65.7 Å². The molecule has 0 aliphatic heterocycles. The molecule has 2 aromatic carbocycles. The molecule has 3 amide bonds. The van der Waals surface area contributed by atoms with Gasteiger partial charge >= 0.3 is 11.9 Å². The first-order valence-corrected chi connectivity index (χ1v) is 11.4. The van der Waals surface area contributed by atoms with Crippen molar-refractivity contribution >= 4 is 29.7 Å². The number of amides is 3. The van der Waals surface area contributed by atoms with Crippen molar-refractivity contribution in [2.24, 2.45) is 5.73 Å². The fourth-order valence-electron chi connectivity index (χ4n) is 3.34. The fourth-order valence-corrected chi connectivity index (χ4v) is 3.34. The van der Waals surface area contributed by atoms with Gasteiger partial charge in [-0.15, -0.1) is 0 Å². The third kappa shape index (κ3) is 9.61. The number of aromatic hydroxyl groups is 1. The lowest BCUT2D eigenvalue weighted by atomic mass is 10.0. The molecule has 12 nitrogen and oxygen atoms in total. The molecule has 8 N–H and O–H groups in total. The number of rotatable bonds is 13. The van der Waals surface area contributed by atoms with Crippen LogP contribution >= 0.6 is 0 Å². The summed E-state index contributed by atoms with van der Waals surface area (Å²) in [5, 5.41) is 34.9. The zero-order valence-electron chi connectivity index (χ0n) is 20.1. The van der Waals surface area contributed by atoms with Crippen LogP contribution in [0.1, 0.15) is 24.5 Å². The second-order valence-corrected chi connectivity index (χ2v) is 8.46. The van der Waals surface area contributed by atoms with E-state index in [2.05, 4.69) is 16.0 Å². The van der Waals surface area contributed by atoms with Gasteiger partial charge in [0.25, 0.3) is 0 Å². The summed E-state index contributed by atoms with van der Waals surface area (Å²) < 4.78 is 0. The van der Waals surface area contributed by atoms with Crippen molar-refractivity contribution in [3.8, 4) is 5.75 Å². The quantitative estimate of drug-likeness (QED) is 0.184. The Hall–Kier alpha value is -4.45. The average molecular weight is 515 g/mol. The van der Waals surface area contributed by atoms with Crippen LogP contribution in [0.4, 0.5) is 0 Å². The predicted octanol–water partition coefficient (Wildman–Crippen LogP) is -0.462. The van der Waals surface area contributed by atoms with E-state index in [1.54, 1.807) is 30.3 Å². The standard InChI is InChI=1S/C25H30N4O8/c1-14(25(36)37)27-23(34)19(11-15-5-3-2-4-6-15)29-24(35)20(12-16-7-9-17(30)10-8-16)28-22(33)18(26)13-21(31)32/h2-10,14,18-20,30H,11-13,26H2,1H3,(H,27,34)(H,28,33)(H,29,35)(H,31,32)(H,36,37). The molecule has 0 aromatic heterocycles. The Balaban J connectivity index is 2.28. The molecule has 0 spiro atoms. The van der Waals surface area contributed by atoms with Gasteiger partial charge in [0.15, 0.2) is 0 Å². The molecule has 12 heteroatoms. The molecule has 0 aliphatic carbocycles. The number of benzene rings is 2. The minimum Gasteiger partial charge on any atom is -0.508 e. The molecular weight excluding hydrogens is 484 g/mol. The highest BCUT2D eigenvalue weighted by Crippen LogP contribution is 2.12. The zero-order valence-corrected chi connectivity index (χ0v) is 20.1. The molecule has 37 heavy (non-hydrogen) atoms. The van der Waals surface area contributed by atoms with E-state index < -0.39 is 60.2 Å². The third-order valence-electron chi connectivity index (χ3n) is 5.39. The van der Waals surface area contributed by atoms with Gasteiger partial charge in [0.2, 0.25) is 17.7 Å². The summed E-state index contributed by atoms with van der Waals surface area (Å²) in [6.07, 6.45) is -0.697. The normalized spacial score (nSPS) is 13.9. The van der Waals surface area contributed by atoms with Gasteiger partial charge in [-0.05, 0) is 30.2 Å². The Kier molecular flexibility index (Phi) is 10.6. The number of carboxylic acid groups (broad SMARTS) is 2. The maximum atomic E-state index is 13.3. The van der Waals surface area contributed by atoms with Crippen LogP contribution in [-0.2, 0) is 36.8 Å². The van der Waals surface area contributed by atoms with Gasteiger partial charge in [-0.3, -0.25) is 24.0 Å². The summed E-state index contributed by atoms with van der Waals surface area (Å²) in [6, 6.07) is 9.45. The number of phenolic OH excluding ortho intramolecular Hbond substituents is 1. The number of carbonyl (C=O) groups excluding carboxylic acids is 3. The zero-order chi connectivity index (χ0) is 27.5. The number of carboxylic acids is 2.